The second-order valence-corrected chi connectivity index (χ2v) is 9.97. The SMILES string of the molecule is CCOc1ccc(N(CC(=O)N/N=C\c2ccc(Cl)c(Cl)c2)S(=O)(=O)c2ccc(Cl)cc2)cc1. The Morgan fingerprint density at radius 1 is 1.00 bits per heavy atom. The molecule has 0 saturated carbocycles. The zero-order chi connectivity index (χ0) is 24.7. The van der Waals surface area contributed by atoms with Crippen LogP contribution in [0.3, 0.4) is 0 Å². The van der Waals surface area contributed by atoms with E-state index >= 15 is 0 Å². The zero-order valence-electron chi connectivity index (χ0n) is 17.9. The molecule has 1 amide bonds. The lowest BCUT2D eigenvalue weighted by molar-refractivity contribution is -0.119. The number of hydrazone groups is 1. The maximum absolute atomic E-state index is 13.4. The van der Waals surface area contributed by atoms with Gasteiger partial charge in [-0.2, -0.15) is 5.10 Å². The van der Waals surface area contributed by atoms with Crippen molar-refractivity contribution in [1.29, 1.82) is 0 Å². The normalized spacial score (nSPS) is 11.4. The summed E-state index contributed by atoms with van der Waals surface area (Å²) in [5, 5.41) is 5.00. The van der Waals surface area contributed by atoms with Crippen molar-refractivity contribution in [2.24, 2.45) is 5.10 Å². The Bertz CT molecular complexity index is 1280. The molecule has 0 bridgehead atoms. The minimum Gasteiger partial charge on any atom is -0.494 e. The third kappa shape index (κ3) is 6.64. The Balaban J connectivity index is 1.84. The molecule has 0 aromatic heterocycles. The summed E-state index contributed by atoms with van der Waals surface area (Å²) >= 11 is 17.8. The lowest BCUT2D eigenvalue weighted by atomic mass is 10.2. The van der Waals surface area contributed by atoms with E-state index < -0.39 is 22.5 Å². The van der Waals surface area contributed by atoms with Crippen LogP contribution in [0.25, 0.3) is 0 Å². The number of hydrogen-bond acceptors (Lipinski definition) is 5. The van der Waals surface area contributed by atoms with Gasteiger partial charge in [-0.15, -0.1) is 0 Å². The number of sulfonamides is 1. The highest BCUT2D eigenvalue weighted by molar-refractivity contribution is 7.92. The second kappa shape index (κ2) is 11.6. The van der Waals surface area contributed by atoms with E-state index in [2.05, 4.69) is 10.5 Å². The quantitative estimate of drug-likeness (QED) is 0.291. The summed E-state index contributed by atoms with van der Waals surface area (Å²) in [4.78, 5) is 12.6. The monoisotopic (exact) mass is 539 g/mol. The van der Waals surface area contributed by atoms with Crippen LogP contribution >= 0.6 is 34.8 Å². The predicted molar refractivity (Wildman–Crippen MR) is 136 cm³/mol. The Labute approximate surface area is 212 Å². The van der Waals surface area contributed by atoms with E-state index in [4.69, 9.17) is 39.5 Å². The van der Waals surface area contributed by atoms with Gasteiger partial charge in [0.25, 0.3) is 15.9 Å². The van der Waals surface area contributed by atoms with E-state index in [1.54, 1.807) is 42.5 Å². The number of anilines is 1. The summed E-state index contributed by atoms with van der Waals surface area (Å²) in [6.07, 6.45) is 1.37. The first kappa shape index (κ1) is 25.8. The molecule has 3 aromatic carbocycles. The van der Waals surface area contributed by atoms with Crippen molar-refractivity contribution in [3.63, 3.8) is 0 Å². The first-order valence-electron chi connectivity index (χ1n) is 9.99. The number of carbonyl (C=O) groups excluding carboxylic acids is 1. The van der Waals surface area contributed by atoms with Crippen LogP contribution < -0.4 is 14.5 Å². The Morgan fingerprint density at radius 3 is 2.29 bits per heavy atom. The molecule has 1 N–H and O–H groups in total. The molecule has 0 aliphatic rings. The molecule has 7 nitrogen and oxygen atoms in total. The van der Waals surface area contributed by atoms with Crippen molar-refractivity contribution in [1.82, 2.24) is 5.43 Å². The van der Waals surface area contributed by atoms with Crippen molar-refractivity contribution in [3.8, 4) is 5.75 Å². The number of hydrogen-bond donors (Lipinski definition) is 1. The van der Waals surface area contributed by atoms with Crippen LogP contribution in [0.2, 0.25) is 15.1 Å². The highest BCUT2D eigenvalue weighted by atomic mass is 35.5. The third-order valence-corrected chi connectivity index (χ3v) is 7.25. The van der Waals surface area contributed by atoms with Crippen LogP contribution in [0.5, 0.6) is 5.75 Å². The summed E-state index contributed by atoms with van der Waals surface area (Å²) < 4.78 is 33.1. The highest BCUT2D eigenvalue weighted by Gasteiger charge is 2.27. The molecule has 3 rings (SSSR count). The lowest BCUT2D eigenvalue weighted by Crippen LogP contribution is -2.39. The van der Waals surface area contributed by atoms with E-state index in [0.29, 0.717) is 33.0 Å². The molecule has 0 atom stereocenters. The average Bonchev–Trinajstić information content (AvgIpc) is 2.81. The number of rotatable bonds is 9. The van der Waals surface area contributed by atoms with Crippen molar-refractivity contribution in [2.75, 3.05) is 17.5 Å². The maximum Gasteiger partial charge on any atom is 0.264 e. The number of benzene rings is 3. The Hall–Kier alpha value is -2.78. The van der Waals surface area contributed by atoms with Crippen LogP contribution in [0, 0.1) is 0 Å². The minimum absolute atomic E-state index is 0.0158. The molecule has 0 fully saturated rings. The molecule has 178 valence electrons. The minimum atomic E-state index is -4.09. The molecule has 0 radical (unpaired) electrons. The zero-order valence-corrected chi connectivity index (χ0v) is 21.0. The van der Waals surface area contributed by atoms with Crippen LogP contribution in [0.1, 0.15) is 12.5 Å². The third-order valence-electron chi connectivity index (χ3n) is 4.47. The summed E-state index contributed by atoms with van der Waals surface area (Å²) in [7, 11) is -4.09. The lowest BCUT2D eigenvalue weighted by Gasteiger charge is -2.24. The Morgan fingerprint density at radius 2 is 1.68 bits per heavy atom. The van der Waals surface area contributed by atoms with Gasteiger partial charge in [-0.1, -0.05) is 40.9 Å². The topological polar surface area (TPSA) is 88.1 Å². The number of carbonyl (C=O) groups is 1. The van der Waals surface area contributed by atoms with Crippen molar-refractivity contribution < 1.29 is 17.9 Å². The number of halogens is 3. The van der Waals surface area contributed by atoms with Gasteiger partial charge in [0.2, 0.25) is 0 Å². The van der Waals surface area contributed by atoms with Gasteiger partial charge in [-0.3, -0.25) is 9.10 Å². The van der Waals surface area contributed by atoms with Crippen LogP contribution in [-0.2, 0) is 14.8 Å². The van der Waals surface area contributed by atoms with Gasteiger partial charge >= 0.3 is 0 Å². The van der Waals surface area contributed by atoms with E-state index in [-0.39, 0.29) is 10.6 Å². The maximum atomic E-state index is 13.4. The van der Waals surface area contributed by atoms with Crippen molar-refractivity contribution in [3.05, 3.63) is 87.4 Å². The Kier molecular flexibility index (Phi) is 8.79. The van der Waals surface area contributed by atoms with Gasteiger partial charge in [0.05, 0.1) is 33.4 Å². The molecular formula is C23H20Cl3N3O4S. The molecule has 0 saturated heterocycles. The molecule has 0 spiro atoms. The number of amides is 1. The van der Waals surface area contributed by atoms with Crippen molar-refractivity contribution >= 4 is 62.6 Å². The van der Waals surface area contributed by atoms with Crippen LogP contribution in [0.15, 0.2) is 76.7 Å². The van der Waals surface area contributed by atoms with E-state index in [1.165, 1.54) is 30.5 Å². The van der Waals surface area contributed by atoms with Gasteiger partial charge in [0.1, 0.15) is 12.3 Å². The fraction of sp³-hybridized carbons (Fsp3) is 0.130. The summed E-state index contributed by atoms with van der Waals surface area (Å²) in [6, 6.07) is 16.9. The second-order valence-electron chi connectivity index (χ2n) is 6.86. The van der Waals surface area contributed by atoms with Gasteiger partial charge in [0, 0.05) is 5.02 Å². The van der Waals surface area contributed by atoms with Crippen molar-refractivity contribution in [2.45, 2.75) is 11.8 Å². The first-order chi connectivity index (χ1) is 16.2. The number of nitrogens with zero attached hydrogens (tertiary/aromatic N) is 2. The highest BCUT2D eigenvalue weighted by Crippen LogP contribution is 2.26. The van der Waals surface area contributed by atoms with E-state index in [0.717, 1.165) is 4.31 Å². The molecule has 0 aliphatic heterocycles. The predicted octanol–water partition coefficient (Wildman–Crippen LogP) is 5.39. The van der Waals surface area contributed by atoms with Gasteiger partial charge < -0.3 is 4.74 Å². The summed E-state index contributed by atoms with van der Waals surface area (Å²) in [6.45, 7) is 1.79. The van der Waals surface area contributed by atoms with Gasteiger partial charge in [-0.05, 0) is 73.2 Å². The van der Waals surface area contributed by atoms with Gasteiger partial charge in [0.15, 0.2) is 0 Å². The molecular weight excluding hydrogens is 521 g/mol. The van der Waals surface area contributed by atoms with Gasteiger partial charge in [-0.25, -0.2) is 13.8 Å². The first-order valence-corrected chi connectivity index (χ1v) is 12.6. The molecule has 3 aromatic rings. The fourth-order valence-corrected chi connectivity index (χ4v) is 4.71. The number of ether oxygens (including phenoxy) is 1. The van der Waals surface area contributed by atoms with E-state index in [9.17, 15) is 13.2 Å². The molecule has 34 heavy (non-hydrogen) atoms. The smallest absolute Gasteiger partial charge is 0.264 e. The fourth-order valence-electron chi connectivity index (χ4n) is 2.86. The summed E-state index contributed by atoms with van der Waals surface area (Å²) in [5.74, 6) is -0.0755. The molecule has 0 aliphatic carbocycles. The van der Waals surface area contributed by atoms with Crippen LogP contribution in [-0.4, -0.2) is 33.7 Å². The molecule has 0 unspecified atom stereocenters. The summed E-state index contributed by atoms with van der Waals surface area (Å²) in [5.41, 5.74) is 3.22. The molecule has 11 heteroatoms. The molecule has 0 heterocycles. The largest absolute Gasteiger partial charge is 0.494 e. The number of nitrogens with one attached hydrogen (secondary N) is 1. The average molecular weight is 541 g/mol. The standard InChI is InChI=1S/C23H20Cl3N3O4S/c1-2-33-19-8-6-18(7-9-19)29(34(31,32)20-10-4-17(24)5-11-20)15-23(30)28-27-14-16-3-12-21(25)22(26)13-16/h3-14H,2,15H2,1H3,(H,28,30)/b27-14-. The van der Waals surface area contributed by atoms with E-state index in [1.807, 2.05) is 6.92 Å². The van der Waals surface area contributed by atoms with Crippen LogP contribution in [0.4, 0.5) is 5.69 Å².